The van der Waals surface area contributed by atoms with Crippen LogP contribution in [0.1, 0.15) is 22.3 Å². The topological polar surface area (TPSA) is 29.5 Å². The molecule has 1 aromatic carbocycles. The molecule has 0 fully saturated rings. The Morgan fingerprint density at radius 3 is 2.95 bits per heavy atom. The van der Waals surface area contributed by atoms with Crippen LogP contribution in [0.3, 0.4) is 0 Å². The molecule has 1 atom stereocenters. The van der Waals surface area contributed by atoms with Crippen LogP contribution in [0.4, 0.5) is 0 Å². The molecule has 0 amide bonds. The average molecular weight is 288 g/mol. The molecule has 3 aromatic rings. The second kappa shape index (κ2) is 3.82. The van der Waals surface area contributed by atoms with Crippen molar-refractivity contribution in [2.45, 2.75) is 20.1 Å². The lowest BCUT2D eigenvalue weighted by Crippen LogP contribution is -2.12. The van der Waals surface area contributed by atoms with E-state index in [0.717, 1.165) is 21.8 Å². The van der Waals surface area contributed by atoms with E-state index in [0.29, 0.717) is 0 Å². The van der Waals surface area contributed by atoms with Gasteiger partial charge in [-0.3, -0.25) is 0 Å². The molecule has 2 nitrogen and oxygen atoms in total. The third-order valence-corrected chi connectivity index (χ3v) is 5.51. The van der Waals surface area contributed by atoms with Gasteiger partial charge in [0.15, 0.2) is 0 Å². The van der Waals surface area contributed by atoms with Crippen molar-refractivity contribution in [3.05, 3.63) is 39.6 Å². The highest BCUT2D eigenvalue weighted by molar-refractivity contribution is 7.19. The fraction of sp³-hybridized carbons (Fsp3) is 0.200. The number of benzene rings is 1. The van der Waals surface area contributed by atoms with Crippen molar-refractivity contribution in [3.63, 3.8) is 0 Å². The molecular formula is C15H12O2S2. The number of aryl methyl sites for hydroxylation is 2. The van der Waals surface area contributed by atoms with Crippen molar-refractivity contribution >= 4 is 32.8 Å². The van der Waals surface area contributed by atoms with Gasteiger partial charge in [0, 0.05) is 20.7 Å². The summed E-state index contributed by atoms with van der Waals surface area (Å²) in [5.41, 5.74) is 3.23. The Kier molecular flexibility index (Phi) is 2.31. The van der Waals surface area contributed by atoms with E-state index in [1.807, 2.05) is 12.1 Å². The zero-order chi connectivity index (χ0) is 13.1. The summed E-state index contributed by atoms with van der Waals surface area (Å²) in [6.07, 6.45) is -0.860. The maximum Gasteiger partial charge on any atom is 0.225 e. The normalized spacial score (nSPS) is 17.1. The van der Waals surface area contributed by atoms with Crippen LogP contribution in [0.2, 0.25) is 0 Å². The maximum absolute atomic E-state index is 10.2. The Balaban J connectivity index is 2.17. The number of aliphatic hydroxyl groups is 1. The molecule has 96 valence electrons. The summed E-state index contributed by atoms with van der Waals surface area (Å²) in [6, 6.07) is 6.20. The minimum atomic E-state index is -0.860. The van der Waals surface area contributed by atoms with Gasteiger partial charge in [-0.15, -0.1) is 22.7 Å². The highest BCUT2D eigenvalue weighted by Crippen LogP contribution is 2.50. The van der Waals surface area contributed by atoms with Gasteiger partial charge >= 0.3 is 0 Å². The molecule has 1 aliphatic rings. The van der Waals surface area contributed by atoms with E-state index in [2.05, 4.69) is 25.3 Å². The second-order valence-electron chi connectivity index (χ2n) is 4.84. The van der Waals surface area contributed by atoms with E-state index in [-0.39, 0.29) is 0 Å². The molecule has 3 heterocycles. The Morgan fingerprint density at radius 2 is 2.11 bits per heavy atom. The molecular weight excluding hydrogens is 276 g/mol. The largest absolute Gasteiger partial charge is 0.459 e. The molecule has 0 spiro atoms. The standard InChI is InChI=1S/C15H12O2S2/c1-7-5-10-12(13-9(7)3-4-18-13)14-11(17-15(10)16)6-8(2)19-14/h3-6,15-16H,1-2H3. The fourth-order valence-electron chi connectivity index (χ4n) is 2.69. The average Bonchev–Trinajstić information content (AvgIpc) is 2.95. The van der Waals surface area contributed by atoms with Crippen molar-refractivity contribution in [3.8, 4) is 16.2 Å². The molecule has 0 bridgehead atoms. The summed E-state index contributed by atoms with van der Waals surface area (Å²) in [5.74, 6) is 0.807. The third-order valence-electron chi connectivity index (χ3n) is 3.53. The lowest BCUT2D eigenvalue weighted by molar-refractivity contribution is -0.0207. The zero-order valence-corrected chi connectivity index (χ0v) is 12.2. The van der Waals surface area contributed by atoms with Gasteiger partial charge in [-0.05, 0) is 48.4 Å². The summed E-state index contributed by atoms with van der Waals surface area (Å²) in [4.78, 5) is 2.35. The Morgan fingerprint density at radius 1 is 1.26 bits per heavy atom. The molecule has 1 aliphatic heterocycles. The van der Waals surface area contributed by atoms with Gasteiger partial charge in [0.1, 0.15) is 5.75 Å². The predicted molar refractivity (Wildman–Crippen MR) is 80.2 cm³/mol. The number of rotatable bonds is 0. The number of hydrogen-bond acceptors (Lipinski definition) is 4. The first-order valence-electron chi connectivity index (χ1n) is 6.11. The number of ether oxygens (including phenoxy) is 1. The minimum absolute atomic E-state index is 0.807. The van der Waals surface area contributed by atoms with Crippen molar-refractivity contribution in [2.24, 2.45) is 0 Å². The first kappa shape index (κ1) is 11.5. The van der Waals surface area contributed by atoms with E-state index in [9.17, 15) is 5.11 Å². The Labute approximate surface area is 118 Å². The summed E-state index contributed by atoms with van der Waals surface area (Å²) < 4.78 is 6.88. The molecule has 0 saturated heterocycles. The first-order chi connectivity index (χ1) is 9.15. The molecule has 19 heavy (non-hydrogen) atoms. The van der Waals surface area contributed by atoms with Gasteiger partial charge in [-0.1, -0.05) is 0 Å². The van der Waals surface area contributed by atoms with Gasteiger partial charge in [0.25, 0.3) is 0 Å². The molecule has 1 N–H and O–H groups in total. The van der Waals surface area contributed by atoms with Crippen LogP contribution in [0.25, 0.3) is 20.5 Å². The number of hydrogen-bond donors (Lipinski definition) is 1. The van der Waals surface area contributed by atoms with Gasteiger partial charge in [-0.25, -0.2) is 0 Å². The molecule has 0 saturated carbocycles. The lowest BCUT2D eigenvalue weighted by Gasteiger charge is -2.23. The van der Waals surface area contributed by atoms with Gasteiger partial charge < -0.3 is 9.84 Å². The SMILES string of the molecule is Cc1cc2c(s1)-c1c(cc(C)c3ccsc13)C(O)O2. The monoisotopic (exact) mass is 288 g/mol. The van der Waals surface area contributed by atoms with Crippen LogP contribution < -0.4 is 4.74 Å². The van der Waals surface area contributed by atoms with Gasteiger partial charge in [0.2, 0.25) is 6.29 Å². The van der Waals surface area contributed by atoms with Crippen LogP contribution in [0, 0.1) is 13.8 Å². The molecule has 4 rings (SSSR count). The van der Waals surface area contributed by atoms with Crippen molar-refractivity contribution in [2.75, 3.05) is 0 Å². The lowest BCUT2D eigenvalue weighted by atomic mass is 9.97. The molecule has 0 radical (unpaired) electrons. The van der Waals surface area contributed by atoms with Crippen LogP contribution in [0.5, 0.6) is 5.75 Å². The van der Waals surface area contributed by atoms with E-state index in [4.69, 9.17) is 4.74 Å². The number of fused-ring (bicyclic) bond motifs is 5. The summed E-state index contributed by atoms with van der Waals surface area (Å²) in [6.45, 7) is 4.15. The van der Waals surface area contributed by atoms with E-state index >= 15 is 0 Å². The van der Waals surface area contributed by atoms with Crippen molar-refractivity contribution in [1.29, 1.82) is 0 Å². The smallest absolute Gasteiger partial charge is 0.225 e. The Bertz CT molecular complexity index is 798. The van der Waals surface area contributed by atoms with Crippen LogP contribution >= 0.6 is 22.7 Å². The van der Waals surface area contributed by atoms with Crippen LogP contribution in [-0.4, -0.2) is 5.11 Å². The highest BCUT2D eigenvalue weighted by Gasteiger charge is 2.29. The van der Waals surface area contributed by atoms with E-state index in [1.54, 1.807) is 22.7 Å². The molecule has 0 aliphatic carbocycles. The number of aliphatic hydroxyl groups excluding tert-OH is 1. The maximum atomic E-state index is 10.2. The van der Waals surface area contributed by atoms with Gasteiger partial charge in [-0.2, -0.15) is 0 Å². The van der Waals surface area contributed by atoms with Crippen LogP contribution in [-0.2, 0) is 0 Å². The molecule has 4 heteroatoms. The fourth-order valence-corrected chi connectivity index (χ4v) is 4.81. The van der Waals surface area contributed by atoms with E-state index in [1.165, 1.54) is 20.5 Å². The predicted octanol–water partition coefficient (Wildman–Crippen LogP) is 4.63. The molecule has 1 unspecified atom stereocenters. The zero-order valence-electron chi connectivity index (χ0n) is 10.6. The van der Waals surface area contributed by atoms with Crippen molar-refractivity contribution < 1.29 is 9.84 Å². The first-order valence-corrected chi connectivity index (χ1v) is 7.81. The summed E-state index contributed by atoms with van der Waals surface area (Å²) in [7, 11) is 0. The summed E-state index contributed by atoms with van der Waals surface area (Å²) in [5, 5.41) is 13.6. The van der Waals surface area contributed by atoms with Gasteiger partial charge in [0.05, 0.1) is 4.88 Å². The van der Waals surface area contributed by atoms with Crippen molar-refractivity contribution in [1.82, 2.24) is 0 Å². The minimum Gasteiger partial charge on any atom is -0.459 e. The quantitative estimate of drug-likeness (QED) is 0.653. The molecule has 2 aromatic heterocycles. The Hall–Kier alpha value is -1.36. The third kappa shape index (κ3) is 1.51. The second-order valence-corrected chi connectivity index (χ2v) is 7.01. The van der Waals surface area contributed by atoms with Crippen LogP contribution in [0.15, 0.2) is 23.6 Å². The summed E-state index contributed by atoms with van der Waals surface area (Å²) >= 11 is 3.46. The number of thiophene rings is 2. The van der Waals surface area contributed by atoms with E-state index < -0.39 is 6.29 Å². The highest BCUT2D eigenvalue weighted by atomic mass is 32.1.